The molecule has 0 bridgehead atoms. The van der Waals surface area contributed by atoms with Crippen molar-refractivity contribution >= 4 is 0 Å². The van der Waals surface area contributed by atoms with E-state index in [9.17, 15) is 0 Å². The molecule has 10 heavy (non-hydrogen) atoms. The van der Waals surface area contributed by atoms with Gasteiger partial charge in [-0.05, 0) is 18.8 Å². The first-order valence-electron chi connectivity index (χ1n) is 4.10. The molecule has 0 fully saturated rings. The fraction of sp³-hybridized carbons (Fsp3) is 0.500. The topological polar surface area (TPSA) is 0 Å². The molecular weight excluding hydrogens is 120 g/mol. The van der Waals surface area contributed by atoms with Gasteiger partial charge < -0.3 is 0 Å². The minimum absolute atomic E-state index is 0.787. The first-order chi connectivity index (χ1) is 4.88. The number of hydrogen-bond donors (Lipinski definition) is 0. The lowest BCUT2D eigenvalue weighted by molar-refractivity contribution is 0.580. The van der Waals surface area contributed by atoms with Crippen molar-refractivity contribution in [2.24, 2.45) is 5.92 Å². The van der Waals surface area contributed by atoms with Crippen LogP contribution in [0.15, 0.2) is 23.8 Å². The van der Waals surface area contributed by atoms with Gasteiger partial charge in [-0.3, -0.25) is 0 Å². The van der Waals surface area contributed by atoms with E-state index < -0.39 is 0 Å². The maximum absolute atomic E-state index is 2.25. The fourth-order valence-electron chi connectivity index (χ4n) is 1.42. The van der Waals surface area contributed by atoms with Crippen LogP contribution in [0.3, 0.4) is 0 Å². The van der Waals surface area contributed by atoms with Crippen molar-refractivity contribution in [3.8, 4) is 0 Å². The van der Waals surface area contributed by atoms with Gasteiger partial charge in [0.05, 0.1) is 0 Å². The summed E-state index contributed by atoms with van der Waals surface area (Å²) in [5.74, 6) is 0.787. The van der Waals surface area contributed by atoms with Gasteiger partial charge in [0.2, 0.25) is 0 Å². The van der Waals surface area contributed by atoms with Gasteiger partial charge >= 0.3 is 0 Å². The second kappa shape index (κ2) is 3.60. The Morgan fingerprint density at radius 3 is 2.30 bits per heavy atom. The SMILES string of the molecule is CCC(CC)C1=CC=C[CH]1. The zero-order valence-corrected chi connectivity index (χ0v) is 6.80. The van der Waals surface area contributed by atoms with E-state index in [0.29, 0.717) is 0 Å². The molecule has 0 saturated carbocycles. The summed E-state index contributed by atoms with van der Waals surface area (Å²) in [6.45, 7) is 4.50. The molecule has 0 unspecified atom stereocenters. The summed E-state index contributed by atoms with van der Waals surface area (Å²) in [7, 11) is 0. The lowest BCUT2D eigenvalue weighted by Gasteiger charge is -2.12. The summed E-state index contributed by atoms with van der Waals surface area (Å²) in [6.07, 6.45) is 11.2. The van der Waals surface area contributed by atoms with E-state index in [0.717, 1.165) is 5.92 Å². The van der Waals surface area contributed by atoms with Crippen molar-refractivity contribution in [2.75, 3.05) is 0 Å². The van der Waals surface area contributed by atoms with Crippen LogP contribution in [-0.4, -0.2) is 0 Å². The molecule has 0 spiro atoms. The molecule has 0 heterocycles. The average Bonchev–Trinajstić information content (AvgIpc) is 2.43. The predicted molar refractivity (Wildman–Crippen MR) is 45.6 cm³/mol. The second-order valence-electron chi connectivity index (χ2n) is 2.73. The maximum Gasteiger partial charge on any atom is 0.00863 e. The second-order valence-corrected chi connectivity index (χ2v) is 2.73. The summed E-state index contributed by atoms with van der Waals surface area (Å²) in [6, 6.07) is 0. The molecule has 0 heteroatoms. The van der Waals surface area contributed by atoms with Crippen LogP contribution < -0.4 is 0 Å². The van der Waals surface area contributed by atoms with E-state index in [2.05, 4.69) is 38.5 Å². The van der Waals surface area contributed by atoms with Crippen molar-refractivity contribution < 1.29 is 0 Å². The van der Waals surface area contributed by atoms with Crippen LogP contribution in [0, 0.1) is 12.3 Å². The molecule has 1 rings (SSSR count). The molecule has 0 saturated heterocycles. The van der Waals surface area contributed by atoms with Crippen LogP contribution in [0.4, 0.5) is 0 Å². The Morgan fingerprint density at radius 1 is 1.20 bits per heavy atom. The van der Waals surface area contributed by atoms with Gasteiger partial charge in [0, 0.05) is 6.42 Å². The van der Waals surface area contributed by atoms with E-state index in [1.165, 1.54) is 18.4 Å². The molecule has 0 aliphatic heterocycles. The van der Waals surface area contributed by atoms with Crippen molar-refractivity contribution in [3.05, 3.63) is 30.2 Å². The van der Waals surface area contributed by atoms with E-state index in [4.69, 9.17) is 0 Å². The number of rotatable bonds is 3. The molecular formula is C10H15. The van der Waals surface area contributed by atoms with Crippen molar-refractivity contribution in [1.82, 2.24) is 0 Å². The molecule has 55 valence electrons. The van der Waals surface area contributed by atoms with Gasteiger partial charge in [-0.15, -0.1) is 0 Å². The van der Waals surface area contributed by atoms with Crippen LogP contribution in [0.5, 0.6) is 0 Å². The highest BCUT2D eigenvalue weighted by atomic mass is 14.1. The minimum Gasteiger partial charge on any atom is -0.0764 e. The van der Waals surface area contributed by atoms with E-state index >= 15 is 0 Å². The monoisotopic (exact) mass is 135 g/mol. The van der Waals surface area contributed by atoms with E-state index in [-0.39, 0.29) is 0 Å². The summed E-state index contributed by atoms with van der Waals surface area (Å²) >= 11 is 0. The Kier molecular flexibility index (Phi) is 2.73. The zero-order chi connectivity index (χ0) is 7.40. The molecule has 0 atom stereocenters. The third kappa shape index (κ3) is 1.50. The van der Waals surface area contributed by atoms with Crippen molar-refractivity contribution in [3.63, 3.8) is 0 Å². The molecule has 1 radical (unpaired) electrons. The van der Waals surface area contributed by atoms with Gasteiger partial charge in [0.1, 0.15) is 0 Å². The Balaban J connectivity index is 2.47. The third-order valence-corrected chi connectivity index (χ3v) is 2.15. The Labute approximate surface area is 63.6 Å². The predicted octanol–water partition coefficient (Wildman–Crippen LogP) is 3.12. The zero-order valence-electron chi connectivity index (χ0n) is 6.80. The first kappa shape index (κ1) is 7.59. The molecule has 0 nitrogen and oxygen atoms in total. The van der Waals surface area contributed by atoms with Crippen molar-refractivity contribution in [1.29, 1.82) is 0 Å². The molecule has 1 aliphatic carbocycles. The normalized spacial score (nSPS) is 16.5. The quantitative estimate of drug-likeness (QED) is 0.557. The Bertz CT molecular complexity index is 147. The molecule has 0 aromatic carbocycles. The highest BCUT2D eigenvalue weighted by Gasteiger charge is 2.09. The summed E-state index contributed by atoms with van der Waals surface area (Å²) < 4.78 is 0. The van der Waals surface area contributed by atoms with Gasteiger partial charge in [-0.2, -0.15) is 0 Å². The van der Waals surface area contributed by atoms with Crippen LogP contribution in [-0.2, 0) is 0 Å². The van der Waals surface area contributed by atoms with E-state index in [1.54, 1.807) is 0 Å². The number of allylic oxidation sites excluding steroid dienone is 4. The highest BCUT2D eigenvalue weighted by Crippen LogP contribution is 2.24. The van der Waals surface area contributed by atoms with Gasteiger partial charge in [-0.1, -0.05) is 37.6 Å². The fourth-order valence-corrected chi connectivity index (χ4v) is 1.42. The van der Waals surface area contributed by atoms with Crippen LogP contribution in [0.1, 0.15) is 26.7 Å². The van der Waals surface area contributed by atoms with E-state index in [1.807, 2.05) is 0 Å². The third-order valence-electron chi connectivity index (χ3n) is 2.15. The van der Waals surface area contributed by atoms with Gasteiger partial charge in [-0.25, -0.2) is 0 Å². The highest BCUT2D eigenvalue weighted by molar-refractivity contribution is 5.35. The molecule has 0 amide bonds. The molecule has 0 aromatic rings. The van der Waals surface area contributed by atoms with Crippen molar-refractivity contribution in [2.45, 2.75) is 26.7 Å². The lowest BCUT2D eigenvalue weighted by atomic mass is 9.93. The Morgan fingerprint density at radius 2 is 1.90 bits per heavy atom. The minimum atomic E-state index is 0.787. The molecule has 0 N–H and O–H groups in total. The maximum atomic E-state index is 2.25. The standard InChI is InChI=1S/C10H15/c1-3-9(4-2)10-7-5-6-8-10/h5-9H,3-4H2,1-2H3. The Hall–Kier alpha value is -0.520. The smallest absolute Gasteiger partial charge is 0.00863 e. The summed E-state index contributed by atoms with van der Waals surface area (Å²) in [5, 5.41) is 0. The number of hydrogen-bond acceptors (Lipinski definition) is 0. The summed E-state index contributed by atoms with van der Waals surface area (Å²) in [5.41, 5.74) is 1.50. The van der Waals surface area contributed by atoms with Crippen LogP contribution in [0.25, 0.3) is 0 Å². The molecule has 0 aromatic heterocycles. The van der Waals surface area contributed by atoms with Gasteiger partial charge in [0.25, 0.3) is 0 Å². The first-order valence-corrected chi connectivity index (χ1v) is 4.10. The van der Waals surface area contributed by atoms with Gasteiger partial charge in [0.15, 0.2) is 0 Å². The molecule has 1 aliphatic rings. The largest absolute Gasteiger partial charge is 0.0764 e. The summed E-state index contributed by atoms with van der Waals surface area (Å²) in [4.78, 5) is 0. The lowest BCUT2D eigenvalue weighted by Crippen LogP contribution is -1.99. The average molecular weight is 135 g/mol. The van der Waals surface area contributed by atoms with Crippen LogP contribution >= 0.6 is 0 Å². The van der Waals surface area contributed by atoms with Crippen LogP contribution in [0.2, 0.25) is 0 Å².